The fraction of sp³-hybridized carbons (Fsp3) is 0.467. The largest absolute Gasteiger partial charge is 0.461 e. The second-order valence-corrected chi connectivity index (χ2v) is 4.13. The van der Waals surface area contributed by atoms with Gasteiger partial charge in [0, 0.05) is 13.0 Å². The standard InChI is InChI=1S/C15H21NO4/c1-3-13(17)16-14(12-8-6-5-7-9-12)15(18)20-11-10-19-4-2/h5-9,14H,3-4,10-11H2,1-2H3,(H,16,17)/t14-/m0/s1. The molecule has 0 aliphatic rings. The number of hydrogen-bond donors (Lipinski definition) is 1. The zero-order chi connectivity index (χ0) is 14.8. The molecular weight excluding hydrogens is 258 g/mol. The number of rotatable bonds is 8. The summed E-state index contributed by atoms with van der Waals surface area (Å²) >= 11 is 0. The highest BCUT2D eigenvalue weighted by Gasteiger charge is 2.23. The Hall–Kier alpha value is -1.88. The van der Waals surface area contributed by atoms with Crippen LogP contribution in [0.2, 0.25) is 0 Å². The zero-order valence-electron chi connectivity index (χ0n) is 11.9. The third-order valence-electron chi connectivity index (χ3n) is 2.67. The molecule has 0 aliphatic heterocycles. The monoisotopic (exact) mass is 279 g/mol. The second kappa shape index (κ2) is 9.09. The normalized spacial score (nSPS) is 11.7. The van der Waals surface area contributed by atoms with Crippen molar-refractivity contribution in [3.8, 4) is 0 Å². The van der Waals surface area contributed by atoms with Gasteiger partial charge in [-0.3, -0.25) is 4.79 Å². The Morgan fingerprint density at radius 3 is 2.45 bits per heavy atom. The molecular formula is C15H21NO4. The smallest absolute Gasteiger partial charge is 0.333 e. The van der Waals surface area contributed by atoms with Crippen molar-refractivity contribution in [1.82, 2.24) is 5.32 Å². The summed E-state index contributed by atoms with van der Waals surface area (Å²) in [6.45, 7) is 4.71. The van der Waals surface area contributed by atoms with E-state index in [1.807, 2.05) is 25.1 Å². The number of hydrogen-bond acceptors (Lipinski definition) is 4. The summed E-state index contributed by atoms with van der Waals surface area (Å²) in [7, 11) is 0. The Labute approximate surface area is 119 Å². The Bertz CT molecular complexity index is 419. The first-order valence-electron chi connectivity index (χ1n) is 6.77. The van der Waals surface area contributed by atoms with Crippen molar-refractivity contribution in [3.63, 3.8) is 0 Å². The van der Waals surface area contributed by atoms with Gasteiger partial charge < -0.3 is 14.8 Å². The summed E-state index contributed by atoms with van der Waals surface area (Å²) in [6.07, 6.45) is 0.315. The third-order valence-corrected chi connectivity index (χ3v) is 2.67. The topological polar surface area (TPSA) is 64.6 Å². The van der Waals surface area contributed by atoms with Gasteiger partial charge in [0.2, 0.25) is 5.91 Å². The lowest BCUT2D eigenvalue weighted by Gasteiger charge is -2.17. The molecule has 0 aliphatic carbocycles. The van der Waals surface area contributed by atoms with E-state index in [1.54, 1.807) is 19.1 Å². The van der Waals surface area contributed by atoms with Crippen molar-refractivity contribution in [1.29, 1.82) is 0 Å². The van der Waals surface area contributed by atoms with Crippen molar-refractivity contribution >= 4 is 11.9 Å². The van der Waals surface area contributed by atoms with Crippen LogP contribution in [-0.2, 0) is 19.1 Å². The van der Waals surface area contributed by atoms with Crippen LogP contribution in [0.5, 0.6) is 0 Å². The Morgan fingerprint density at radius 1 is 1.15 bits per heavy atom. The fourth-order valence-corrected chi connectivity index (χ4v) is 1.62. The van der Waals surface area contributed by atoms with Gasteiger partial charge >= 0.3 is 5.97 Å². The van der Waals surface area contributed by atoms with Crippen LogP contribution in [0, 0.1) is 0 Å². The summed E-state index contributed by atoms with van der Waals surface area (Å²) in [6, 6.07) is 8.27. The van der Waals surface area contributed by atoms with Gasteiger partial charge in [0.25, 0.3) is 0 Å². The first-order valence-corrected chi connectivity index (χ1v) is 6.77. The van der Waals surface area contributed by atoms with E-state index in [0.717, 1.165) is 0 Å². The van der Waals surface area contributed by atoms with Crippen molar-refractivity contribution in [3.05, 3.63) is 35.9 Å². The van der Waals surface area contributed by atoms with E-state index in [4.69, 9.17) is 9.47 Å². The SMILES string of the molecule is CCOCCOC(=O)[C@@H](NC(=O)CC)c1ccccc1. The molecule has 0 bridgehead atoms. The molecule has 0 saturated heterocycles. The van der Waals surface area contributed by atoms with Gasteiger partial charge in [0.15, 0.2) is 6.04 Å². The number of ether oxygens (including phenoxy) is 2. The Balaban J connectivity index is 2.67. The molecule has 0 saturated carbocycles. The molecule has 0 radical (unpaired) electrons. The number of amides is 1. The van der Waals surface area contributed by atoms with Crippen LogP contribution in [0.1, 0.15) is 31.9 Å². The van der Waals surface area contributed by atoms with E-state index >= 15 is 0 Å². The van der Waals surface area contributed by atoms with Gasteiger partial charge in [0.1, 0.15) is 6.61 Å². The molecule has 5 heteroatoms. The van der Waals surface area contributed by atoms with Crippen molar-refractivity contribution in [2.45, 2.75) is 26.3 Å². The Morgan fingerprint density at radius 2 is 1.85 bits per heavy atom. The number of carbonyl (C=O) groups excluding carboxylic acids is 2. The van der Waals surface area contributed by atoms with Crippen LogP contribution in [0.4, 0.5) is 0 Å². The third kappa shape index (κ3) is 5.40. The predicted molar refractivity (Wildman–Crippen MR) is 75.1 cm³/mol. The molecule has 20 heavy (non-hydrogen) atoms. The maximum Gasteiger partial charge on any atom is 0.333 e. The van der Waals surface area contributed by atoms with Crippen LogP contribution in [-0.4, -0.2) is 31.7 Å². The predicted octanol–water partition coefficient (Wildman–Crippen LogP) is 1.83. The van der Waals surface area contributed by atoms with Gasteiger partial charge in [-0.05, 0) is 12.5 Å². The van der Waals surface area contributed by atoms with Crippen molar-refractivity contribution in [2.24, 2.45) is 0 Å². The zero-order valence-corrected chi connectivity index (χ0v) is 11.9. The lowest BCUT2D eigenvalue weighted by Crippen LogP contribution is -2.34. The highest BCUT2D eigenvalue weighted by Crippen LogP contribution is 2.14. The summed E-state index contributed by atoms with van der Waals surface area (Å²) < 4.78 is 10.2. The number of nitrogens with one attached hydrogen (secondary N) is 1. The maximum absolute atomic E-state index is 12.1. The average Bonchev–Trinajstić information content (AvgIpc) is 2.49. The van der Waals surface area contributed by atoms with Crippen LogP contribution in [0.25, 0.3) is 0 Å². The summed E-state index contributed by atoms with van der Waals surface area (Å²) in [4.78, 5) is 23.6. The lowest BCUT2D eigenvalue weighted by atomic mass is 10.1. The first kappa shape index (κ1) is 16.2. The van der Waals surface area contributed by atoms with Crippen molar-refractivity contribution in [2.75, 3.05) is 19.8 Å². The van der Waals surface area contributed by atoms with E-state index < -0.39 is 12.0 Å². The molecule has 1 aromatic carbocycles. The number of carbonyl (C=O) groups is 2. The summed E-state index contributed by atoms with van der Waals surface area (Å²) in [5, 5.41) is 2.67. The minimum absolute atomic E-state index is 0.179. The minimum Gasteiger partial charge on any atom is -0.461 e. The van der Waals surface area contributed by atoms with Crippen LogP contribution >= 0.6 is 0 Å². The molecule has 0 spiro atoms. The molecule has 0 aromatic heterocycles. The number of benzene rings is 1. The quantitative estimate of drug-likeness (QED) is 0.582. The molecule has 1 rings (SSSR count). The minimum atomic E-state index is -0.773. The molecule has 5 nitrogen and oxygen atoms in total. The fourth-order valence-electron chi connectivity index (χ4n) is 1.62. The van der Waals surface area contributed by atoms with Gasteiger partial charge in [-0.15, -0.1) is 0 Å². The maximum atomic E-state index is 12.1. The van der Waals surface area contributed by atoms with Gasteiger partial charge in [-0.25, -0.2) is 4.79 Å². The van der Waals surface area contributed by atoms with Gasteiger partial charge in [-0.1, -0.05) is 37.3 Å². The van der Waals surface area contributed by atoms with E-state index in [2.05, 4.69) is 5.32 Å². The molecule has 1 amide bonds. The van der Waals surface area contributed by atoms with E-state index in [-0.39, 0.29) is 12.5 Å². The molecule has 0 unspecified atom stereocenters. The second-order valence-electron chi connectivity index (χ2n) is 4.13. The lowest BCUT2D eigenvalue weighted by molar-refractivity contribution is -0.149. The molecule has 110 valence electrons. The van der Waals surface area contributed by atoms with Crippen molar-refractivity contribution < 1.29 is 19.1 Å². The first-order chi connectivity index (χ1) is 9.69. The summed E-state index contributed by atoms with van der Waals surface area (Å²) in [5.74, 6) is -0.668. The number of esters is 1. The van der Waals surface area contributed by atoms with Gasteiger partial charge in [0.05, 0.1) is 6.61 Å². The van der Waals surface area contributed by atoms with Crippen LogP contribution in [0.3, 0.4) is 0 Å². The van der Waals surface area contributed by atoms with Crippen LogP contribution in [0.15, 0.2) is 30.3 Å². The highest BCUT2D eigenvalue weighted by atomic mass is 16.6. The summed E-state index contributed by atoms with van der Waals surface area (Å²) in [5.41, 5.74) is 0.704. The Kier molecular flexibility index (Phi) is 7.35. The van der Waals surface area contributed by atoms with Gasteiger partial charge in [-0.2, -0.15) is 0 Å². The average molecular weight is 279 g/mol. The molecule has 0 fully saturated rings. The molecule has 0 heterocycles. The van der Waals surface area contributed by atoms with E-state index in [1.165, 1.54) is 0 Å². The molecule has 1 atom stereocenters. The van der Waals surface area contributed by atoms with E-state index in [9.17, 15) is 9.59 Å². The molecule has 1 N–H and O–H groups in total. The van der Waals surface area contributed by atoms with E-state index in [0.29, 0.717) is 25.2 Å². The molecule has 1 aromatic rings. The highest BCUT2D eigenvalue weighted by molar-refractivity contribution is 5.85. The van der Waals surface area contributed by atoms with Crippen LogP contribution < -0.4 is 5.32 Å².